The number of hydrogen-bond donors (Lipinski definition) is 1. The molecule has 2 heterocycles. The summed E-state index contributed by atoms with van der Waals surface area (Å²) in [7, 11) is 0. The summed E-state index contributed by atoms with van der Waals surface area (Å²) in [4.78, 5) is 20.6. The van der Waals surface area contributed by atoms with Gasteiger partial charge in [-0.05, 0) is 32.9 Å². The van der Waals surface area contributed by atoms with E-state index in [0.717, 1.165) is 22.7 Å². The first-order valence-corrected chi connectivity index (χ1v) is 7.07. The molecule has 0 aromatic carbocycles. The van der Waals surface area contributed by atoms with Crippen LogP contribution in [0.2, 0.25) is 0 Å². The molecule has 2 aromatic rings. The summed E-state index contributed by atoms with van der Waals surface area (Å²) in [5.74, 6) is 0.963. The lowest BCUT2D eigenvalue weighted by Crippen LogP contribution is -2.35. The van der Waals surface area contributed by atoms with Gasteiger partial charge in [0.2, 0.25) is 5.91 Å². The molecule has 0 aliphatic carbocycles. The van der Waals surface area contributed by atoms with Crippen molar-refractivity contribution in [3.05, 3.63) is 23.7 Å². The average molecular weight is 295 g/mol. The van der Waals surface area contributed by atoms with Crippen LogP contribution in [0.4, 0.5) is 0 Å². The molecule has 0 aliphatic heterocycles. The number of nitrogens with zero attached hydrogens (tertiary/aromatic N) is 3. The Hall–Kier alpha value is -1.62. The lowest BCUT2D eigenvalue weighted by molar-refractivity contribution is -0.126. The van der Waals surface area contributed by atoms with Gasteiger partial charge in [-0.15, -0.1) is 11.6 Å². The first-order chi connectivity index (χ1) is 9.35. The molecule has 108 valence electrons. The Bertz CT molecular complexity index is 648. The van der Waals surface area contributed by atoms with Crippen LogP contribution in [0, 0.1) is 12.3 Å². The molecule has 20 heavy (non-hydrogen) atoms. The van der Waals surface area contributed by atoms with E-state index in [9.17, 15) is 4.79 Å². The Labute approximate surface area is 123 Å². The zero-order chi connectivity index (χ0) is 14.9. The summed E-state index contributed by atoms with van der Waals surface area (Å²) in [5, 5.41) is 0. The quantitative estimate of drug-likeness (QED) is 0.858. The lowest BCUT2D eigenvalue weighted by Gasteiger charge is -2.22. The number of rotatable bonds is 5. The van der Waals surface area contributed by atoms with E-state index in [1.165, 1.54) is 0 Å². The first-order valence-electron chi connectivity index (χ1n) is 6.54. The van der Waals surface area contributed by atoms with Gasteiger partial charge in [0.15, 0.2) is 5.65 Å². The van der Waals surface area contributed by atoms with Crippen LogP contribution in [-0.4, -0.2) is 26.3 Å². The van der Waals surface area contributed by atoms with E-state index in [1.54, 1.807) is 0 Å². The number of carbonyl (C=O) groups is 1. The number of primary amides is 1. The summed E-state index contributed by atoms with van der Waals surface area (Å²) in [5.41, 5.74) is 7.30. The number of pyridine rings is 1. The summed E-state index contributed by atoms with van der Waals surface area (Å²) < 4.78 is 1.95. The SMILES string of the molecule is Cc1ccc2nc(CCCl)n(CC(C)(C)C(N)=O)c2n1. The topological polar surface area (TPSA) is 73.8 Å². The fourth-order valence-electron chi connectivity index (χ4n) is 2.06. The molecule has 0 radical (unpaired) electrons. The fourth-order valence-corrected chi connectivity index (χ4v) is 2.23. The highest BCUT2D eigenvalue weighted by Crippen LogP contribution is 2.23. The van der Waals surface area contributed by atoms with Crippen molar-refractivity contribution in [2.75, 3.05) is 5.88 Å². The van der Waals surface area contributed by atoms with E-state index < -0.39 is 5.41 Å². The molecule has 1 amide bonds. The molecule has 0 saturated carbocycles. The molecule has 2 aromatic heterocycles. The number of aryl methyl sites for hydroxylation is 2. The fraction of sp³-hybridized carbons (Fsp3) is 0.500. The van der Waals surface area contributed by atoms with E-state index >= 15 is 0 Å². The van der Waals surface area contributed by atoms with Crippen molar-refractivity contribution in [3.63, 3.8) is 0 Å². The minimum atomic E-state index is -0.667. The minimum absolute atomic E-state index is 0.344. The molecule has 5 nitrogen and oxygen atoms in total. The van der Waals surface area contributed by atoms with E-state index in [-0.39, 0.29) is 5.91 Å². The Morgan fingerprint density at radius 2 is 2.10 bits per heavy atom. The molecular weight excluding hydrogens is 276 g/mol. The van der Waals surface area contributed by atoms with Crippen molar-refractivity contribution in [1.29, 1.82) is 0 Å². The predicted molar refractivity (Wildman–Crippen MR) is 79.7 cm³/mol. The van der Waals surface area contributed by atoms with Crippen molar-refractivity contribution in [2.24, 2.45) is 11.1 Å². The summed E-state index contributed by atoms with van der Waals surface area (Å²) in [6.07, 6.45) is 0.631. The zero-order valence-electron chi connectivity index (χ0n) is 12.0. The molecule has 0 unspecified atom stereocenters. The van der Waals surface area contributed by atoms with E-state index in [2.05, 4.69) is 9.97 Å². The van der Waals surface area contributed by atoms with Gasteiger partial charge in [0, 0.05) is 24.5 Å². The Kier molecular flexibility index (Phi) is 3.99. The van der Waals surface area contributed by atoms with Gasteiger partial charge in [-0.2, -0.15) is 0 Å². The second-order valence-corrected chi connectivity index (χ2v) is 5.97. The highest BCUT2D eigenvalue weighted by Gasteiger charge is 2.28. The third kappa shape index (κ3) is 2.77. The van der Waals surface area contributed by atoms with Crippen molar-refractivity contribution >= 4 is 28.7 Å². The van der Waals surface area contributed by atoms with Crippen LogP contribution in [0.3, 0.4) is 0 Å². The Morgan fingerprint density at radius 3 is 2.70 bits per heavy atom. The van der Waals surface area contributed by atoms with E-state index in [4.69, 9.17) is 17.3 Å². The Morgan fingerprint density at radius 1 is 1.40 bits per heavy atom. The third-order valence-electron chi connectivity index (χ3n) is 3.35. The van der Waals surface area contributed by atoms with Gasteiger partial charge in [0.05, 0.1) is 5.41 Å². The summed E-state index contributed by atoms with van der Waals surface area (Å²) in [6, 6.07) is 3.85. The molecule has 0 atom stereocenters. The standard InChI is InChI=1S/C14H19ClN4O/c1-9-4-5-10-12(17-9)19(11(18-10)6-7-15)8-14(2,3)13(16)20/h4-5H,6-8H2,1-3H3,(H2,16,20). The maximum absolute atomic E-state index is 11.6. The van der Waals surface area contributed by atoms with Crippen LogP contribution in [-0.2, 0) is 17.8 Å². The lowest BCUT2D eigenvalue weighted by atomic mass is 9.92. The predicted octanol–water partition coefficient (Wildman–Crippen LogP) is 2.03. The highest BCUT2D eigenvalue weighted by molar-refractivity contribution is 6.17. The number of alkyl halides is 1. The van der Waals surface area contributed by atoms with E-state index in [1.807, 2.05) is 37.5 Å². The normalized spacial score (nSPS) is 12.0. The summed E-state index contributed by atoms with van der Waals surface area (Å²) >= 11 is 5.84. The number of hydrogen-bond acceptors (Lipinski definition) is 3. The molecule has 0 fully saturated rings. The monoisotopic (exact) mass is 294 g/mol. The maximum atomic E-state index is 11.6. The van der Waals surface area contributed by atoms with Gasteiger partial charge < -0.3 is 10.3 Å². The van der Waals surface area contributed by atoms with Crippen LogP contribution in [0.5, 0.6) is 0 Å². The largest absolute Gasteiger partial charge is 0.369 e. The van der Waals surface area contributed by atoms with Crippen LogP contribution < -0.4 is 5.73 Å². The van der Waals surface area contributed by atoms with Crippen molar-refractivity contribution < 1.29 is 4.79 Å². The number of imidazole rings is 1. The van der Waals surface area contributed by atoms with Crippen molar-refractivity contribution in [3.8, 4) is 0 Å². The molecule has 6 heteroatoms. The maximum Gasteiger partial charge on any atom is 0.224 e. The van der Waals surface area contributed by atoms with Crippen LogP contribution in [0.25, 0.3) is 11.2 Å². The van der Waals surface area contributed by atoms with Crippen LogP contribution in [0.1, 0.15) is 25.4 Å². The first kappa shape index (κ1) is 14.8. The number of carbonyl (C=O) groups excluding carboxylic acids is 1. The minimum Gasteiger partial charge on any atom is -0.369 e. The van der Waals surface area contributed by atoms with Crippen LogP contribution >= 0.6 is 11.6 Å². The van der Waals surface area contributed by atoms with Gasteiger partial charge in [-0.3, -0.25) is 4.79 Å². The number of fused-ring (bicyclic) bond motifs is 1. The second-order valence-electron chi connectivity index (χ2n) is 5.60. The van der Waals surface area contributed by atoms with Gasteiger partial charge in [0.25, 0.3) is 0 Å². The van der Waals surface area contributed by atoms with Crippen molar-refractivity contribution in [1.82, 2.24) is 14.5 Å². The van der Waals surface area contributed by atoms with Gasteiger partial charge in [-0.25, -0.2) is 9.97 Å². The van der Waals surface area contributed by atoms with Gasteiger partial charge >= 0.3 is 0 Å². The number of nitrogens with two attached hydrogens (primary N) is 1. The zero-order valence-corrected chi connectivity index (χ0v) is 12.7. The molecule has 2 N–H and O–H groups in total. The molecule has 0 spiro atoms. The number of halogens is 1. The molecule has 2 rings (SSSR count). The summed E-state index contributed by atoms with van der Waals surface area (Å²) in [6.45, 7) is 6.02. The van der Waals surface area contributed by atoms with Crippen LogP contribution in [0.15, 0.2) is 12.1 Å². The average Bonchev–Trinajstić information content (AvgIpc) is 2.67. The molecule has 0 saturated heterocycles. The number of aromatic nitrogens is 3. The van der Waals surface area contributed by atoms with E-state index in [0.29, 0.717) is 18.8 Å². The molecule has 0 aliphatic rings. The van der Waals surface area contributed by atoms with Gasteiger partial charge in [-0.1, -0.05) is 0 Å². The van der Waals surface area contributed by atoms with Crippen molar-refractivity contribution in [2.45, 2.75) is 33.7 Å². The highest BCUT2D eigenvalue weighted by atomic mass is 35.5. The molecular formula is C14H19ClN4O. The van der Waals surface area contributed by atoms with Gasteiger partial charge in [0.1, 0.15) is 11.3 Å². The second kappa shape index (κ2) is 5.40. The number of amides is 1. The molecule has 0 bridgehead atoms. The smallest absolute Gasteiger partial charge is 0.224 e. The Balaban J connectivity index is 2.55. The third-order valence-corrected chi connectivity index (χ3v) is 3.54.